The molecule has 0 radical (unpaired) electrons. The Hall–Kier alpha value is -4.00. The second-order valence-corrected chi connectivity index (χ2v) is 23.9. The number of hydrogen-bond donors (Lipinski definition) is 0. The molecule has 0 bridgehead atoms. The van der Waals surface area contributed by atoms with E-state index in [1.165, 1.54) is 109 Å². The van der Waals surface area contributed by atoms with E-state index in [1.807, 2.05) is 0 Å². The van der Waals surface area contributed by atoms with E-state index in [1.54, 1.807) is 0 Å². The first-order chi connectivity index (χ1) is 27.1. The van der Waals surface area contributed by atoms with Gasteiger partial charge < -0.3 is 0 Å². The minimum Gasteiger partial charge on any atom is -0.0617 e. The summed E-state index contributed by atoms with van der Waals surface area (Å²) in [5, 5.41) is 14.3. The van der Waals surface area contributed by atoms with Crippen molar-refractivity contribution in [3.05, 3.63) is 190 Å². The van der Waals surface area contributed by atoms with Gasteiger partial charge in [0.2, 0.25) is 0 Å². The Balaban J connectivity index is 1.52. The summed E-state index contributed by atoms with van der Waals surface area (Å²) in [4.78, 5) is 0. The van der Waals surface area contributed by atoms with E-state index in [0.29, 0.717) is 16.5 Å². The van der Waals surface area contributed by atoms with Crippen LogP contribution >= 0.6 is 31.8 Å². The molecule has 0 aliphatic heterocycles. The van der Waals surface area contributed by atoms with E-state index in [9.17, 15) is 0 Å². The van der Waals surface area contributed by atoms with Gasteiger partial charge in [-0.25, -0.2) is 0 Å². The molecular formula is C52H50P4. The Kier molecular flexibility index (Phi) is 11.4. The van der Waals surface area contributed by atoms with Crippen LogP contribution in [-0.2, 0) is 0 Å². The highest BCUT2D eigenvalue weighted by Crippen LogP contribution is 2.60. The second-order valence-electron chi connectivity index (χ2n) is 15.3. The third-order valence-electron chi connectivity index (χ3n) is 11.3. The summed E-state index contributed by atoms with van der Waals surface area (Å²) >= 11 is 0. The lowest BCUT2D eigenvalue weighted by Gasteiger charge is -2.31. The Bertz CT molecular complexity index is 2490. The van der Waals surface area contributed by atoms with Crippen molar-refractivity contribution in [1.29, 1.82) is 0 Å². The van der Waals surface area contributed by atoms with E-state index in [4.69, 9.17) is 0 Å². The molecule has 4 heteroatoms. The molecule has 0 heterocycles. The number of rotatable bonds is 9. The molecular weight excluding hydrogens is 748 g/mol. The first kappa shape index (κ1) is 38.9. The smallest absolute Gasteiger partial charge is 0.000864 e. The zero-order valence-corrected chi connectivity index (χ0v) is 37.5. The topological polar surface area (TPSA) is 0 Å². The van der Waals surface area contributed by atoms with Crippen molar-refractivity contribution in [2.45, 2.75) is 55.4 Å². The van der Waals surface area contributed by atoms with Crippen molar-refractivity contribution >= 4 is 85.1 Å². The van der Waals surface area contributed by atoms with Crippen LogP contribution in [0, 0.1) is 55.4 Å². The molecule has 8 aromatic carbocycles. The fraction of sp³-hybridized carbons (Fsp3) is 0.154. The van der Waals surface area contributed by atoms with Gasteiger partial charge in [-0.05, 0) is 180 Å². The molecule has 0 aliphatic carbocycles. The third kappa shape index (κ3) is 7.33. The largest absolute Gasteiger partial charge is 0.0617 e. The second kappa shape index (κ2) is 16.5. The van der Waals surface area contributed by atoms with Gasteiger partial charge in [-0.15, -0.1) is 0 Å². The summed E-state index contributed by atoms with van der Waals surface area (Å²) in [5.74, 6) is 0. The van der Waals surface area contributed by atoms with Crippen LogP contribution in [0.1, 0.15) is 44.5 Å². The number of aryl methyl sites for hydroxylation is 8. The van der Waals surface area contributed by atoms with Crippen LogP contribution in [-0.4, -0.2) is 0 Å². The van der Waals surface area contributed by atoms with Gasteiger partial charge in [0.25, 0.3) is 0 Å². The molecule has 278 valence electrons. The van der Waals surface area contributed by atoms with E-state index in [2.05, 4.69) is 201 Å². The van der Waals surface area contributed by atoms with Crippen molar-refractivity contribution in [1.82, 2.24) is 0 Å². The molecule has 4 atom stereocenters. The Morgan fingerprint density at radius 1 is 0.304 bits per heavy atom. The molecule has 0 spiro atoms. The van der Waals surface area contributed by atoms with Crippen molar-refractivity contribution < 1.29 is 0 Å². The van der Waals surface area contributed by atoms with E-state index >= 15 is 0 Å². The normalized spacial score (nSPS) is 13.1. The average molecular weight is 799 g/mol. The molecule has 0 saturated carbocycles. The summed E-state index contributed by atoms with van der Waals surface area (Å²) in [5.41, 5.74) is 14.0. The maximum atomic E-state index is 2.52. The van der Waals surface area contributed by atoms with Crippen LogP contribution in [0.2, 0.25) is 0 Å². The summed E-state index contributed by atoms with van der Waals surface area (Å²) in [7, 11) is -0.314. The van der Waals surface area contributed by atoms with Gasteiger partial charge in [0, 0.05) is 0 Å². The fourth-order valence-corrected chi connectivity index (χ4v) is 22.0. The predicted octanol–water partition coefficient (Wildman–Crippen LogP) is 12.8. The molecule has 0 amide bonds. The zero-order chi connectivity index (χ0) is 39.1. The third-order valence-corrected chi connectivity index (χ3v) is 23.2. The maximum absolute atomic E-state index is 2.52. The summed E-state index contributed by atoms with van der Waals surface area (Å²) in [6.07, 6.45) is 0. The molecule has 0 saturated heterocycles. The highest BCUT2D eigenvalue weighted by atomic mass is 32.1. The lowest BCUT2D eigenvalue weighted by molar-refractivity contribution is 1.43. The molecule has 0 fully saturated rings. The quantitative estimate of drug-likeness (QED) is 0.128. The van der Waals surface area contributed by atoms with Crippen LogP contribution in [0.15, 0.2) is 146 Å². The van der Waals surface area contributed by atoms with Crippen LogP contribution in [0.3, 0.4) is 0 Å². The zero-order valence-electron chi connectivity index (χ0n) is 33.8. The number of hydrogen-bond acceptors (Lipinski definition) is 0. The van der Waals surface area contributed by atoms with Gasteiger partial charge in [0.1, 0.15) is 0 Å². The summed E-state index contributed by atoms with van der Waals surface area (Å²) in [6, 6.07) is 55.7. The lowest BCUT2D eigenvalue weighted by atomic mass is 9.93. The van der Waals surface area contributed by atoms with E-state index in [0.717, 1.165) is 0 Å². The van der Waals surface area contributed by atoms with Gasteiger partial charge in [-0.2, -0.15) is 0 Å². The standard InChI is InChI=1S/C52H50P4/c1-33-17-13-18-34(2)49(33)53-55(51-37(5)21-15-22-38(51)6)45-31-29-41-25-9-11-27-43(41)47(45)48-44-28-12-10-26-42(44)30-32-46(48)56(52-39(7)23-16-24-40(52)8)54-50-35(3)19-14-20-36(50)4/h9-32,53-54H,1-8H3. The van der Waals surface area contributed by atoms with Crippen LogP contribution in [0.5, 0.6) is 0 Å². The molecule has 0 aromatic heterocycles. The highest BCUT2D eigenvalue weighted by Gasteiger charge is 2.30. The van der Waals surface area contributed by atoms with Crippen LogP contribution in [0.25, 0.3) is 32.7 Å². The molecule has 8 aromatic rings. The Morgan fingerprint density at radius 3 is 0.946 bits per heavy atom. The molecule has 56 heavy (non-hydrogen) atoms. The summed E-state index contributed by atoms with van der Waals surface area (Å²) < 4.78 is 0. The van der Waals surface area contributed by atoms with Crippen LogP contribution < -0.4 is 31.8 Å². The van der Waals surface area contributed by atoms with Gasteiger partial charge in [0.05, 0.1) is 0 Å². The minimum absolute atomic E-state index is 0.637. The van der Waals surface area contributed by atoms with Gasteiger partial charge in [-0.1, -0.05) is 162 Å². The SMILES string of the molecule is Cc1cccc(C)c1PP(c1ccc2ccccc2c1-c1c(P(Pc2c(C)cccc2C)c2c(C)cccc2C)ccc2ccccc12)c1c(C)cccc1C. The van der Waals surface area contributed by atoms with Crippen LogP contribution in [0.4, 0.5) is 0 Å². The van der Waals surface area contributed by atoms with Gasteiger partial charge in [0.15, 0.2) is 0 Å². The van der Waals surface area contributed by atoms with Crippen molar-refractivity contribution in [3.63, 3.8) is 0 Å². The molecule has 0 N–H and O–H groups in total. The average Bonchev–Trinajstić information content (AvgIpc) is 3.18. The maximum Gasteiger partial charge on any atom is -0.000864 e. The first-order valence-electron chi connectivity index (χ1n) is 19.5. The van der Waals surface area contributed by atoms with E-state index < -0.39 is 15.2 Å². The monoisotopic (exact) mass is 798 g/mol. The highest BCUT2D eigenvalue weighted by molar-refractivity contribution is 8.31. The lowest BCUT2D eigenvalue weighted by Crippen LogP contribution is -2.23. The van der Waals surface area contributed by atoms with Gasteiger partial charge in [-0.3, -0.25) is 0 Å². The van der Waals surface area contributed by atoms with Gasteiger partial charge >= 0.3 is 0 Å². The summed E-state index contributed by atoms with van der Waals surface area (Å²) in [6.45, 7) is 18.6. The first-order valence-corrected chi connectivity index (χ1v) is 25.9. The Morgan fingerprint density at radius 2 is 0.607 bits per heavy atom. The van der Waals surface area contributed by atoms with Crippen molar-refractivity contribution in [2.24, 2.45) is 0 Å². The van der Waals surface area contributed by atoms with Crippen molar-refractivity contribution in [2.75, 3.05) is 0 Å². The fourth-order valence-electron chi connectivity index (χ4n) is 8.41. The molecule has 8 rings (SSSR count). The predicted molar refractivity (Wildman–Crippen MR) is 259 cm³/mol. The Labute approximate surface area is 340 Å². The number of benzene rings is 8. The van der Waals surface area contributed by atoms with E-state index in [-0.39, 0.29) is 0 Å². The molecule has 0 nitrogen and oxygen atoms in total. The minimum atomic E-state index is -0.794. The molecule has 0 aliphatic rings. The molecule has 4 unspecified atom stereocenters. The van der Waals surface area contributed by atoms with Crippen molar-refractivity contribution in [3.8, 4) is 11.1 Å². The number of fused-ring (bicyclic) bond motifs is 2.